The van der Waals surface area contributed by atoms with Crippen molar-refractivity contribution >= 4 is 16.3 Å². The van der Waals surface area contributed by atoms with Crippen molar-refractivity contribution in [2.45, 2.75) is 6.92 Å². The van der Waals surface area contributed by atoms with E-state index in [4.69, 9.17) is 4.42 Å². The van der Waals surface area contributed by atoms with Gasteiger partial charge in [0, 0.05) is 5.69 Å². The molecule has 0 radical (unpaired) electrons. The molecule has 0 saturated carbocycles. The van der Waals surface area contributed by atoms with Crippen LogP contribution in [0.4, 0.5) is 0 Å². The Bertz CT molecular complexity index is 840. The van der Waals surface area contributed by atoms with Crippen molar-refractivity contribution in [3.8, 4) is 22.3 Å². The minimum absolute atomic E-state index is 0.619. The molecule has 0 aromatic carbocycles. The number of nitrogens with zero attached hydrogens (tertiary/aromatic N) is 5. The molecule has 0 spiro atoms. The number of nitrogens with one attached hydrogen (secondary N) is 1. The number of H-pyrrole nitrogens is 1. The third-order valence-corrected chi connectivity index (χ3v) is 3.57. The van der Waals surface area contributed by atoms with E-state index in [1.54, 1.807) is 10.8 Å². The van der Waals surface area contributed by atoms with E-state index in [1.807, 2.05) is 25.1 Å². The average molecular weight is 272 g/mol. The summed E-state index contributed by atoms with van der Waals surface area (Å²) in [7, 11) is 0. The van der Waals surface area contributed by atoms with Gasteiger partial charge in [0.15, 0.2) is 10.8 Å². The molecule has 4 rings (SSSR count). The van der Waals surface area contributed by atoms with E-state index in [0.717, 1.165) is 22.2 Å². The van der Waals surface area contributed by atoms with Crippen LogP contribution >= 0.6 is 11.3 Å². The molecule has 0 unspecified atom stereocenters. The number of fused-ring (bicyclic) bond motifs is 1. The summed E-state index contributed by atoms with van der Waals surface area (Å²) in [6.07, 6.45) is 1.62. The smallest absolute Gasteiger partial charge is 0.235 e. The Morgan fingerprint density at radius 1 is 1.37 bits per heavy atom. The predicted octanol–water partition coefficient (Wildman–Crippen LogP) is 2.14. The van der Waals surface area contributed by atoms with Crippen molar-refractivity contribution in [2.75, 3.05) is 0 Å². The third kappa shape index (κ3) is 1.57. The number of rotatable bonds is 2. The molecule has 4 aromatic rings. The Labute approximate surface area is 110 Å². The molecule has 0 aliphatic heterocycles. The molecule has 0 aliphatic rings. The highest BCUT2D eigenvalue weighted by Crippen LogP contribution is 2.27. The van der Waals surface area contributed by atoms with Crippen LogP contribution in [0.2, 0.25) is 0 Å². The van der Waals surface area contributed by atoms with Crippen LogP contribution < -0.4 is 0 Å². The molecule has 1 N–H and O–H groups in total. The van der Waals surface area contributed by atoms with Crippen LogP contribution in [-0.4, -0.2) is 30.0 Å². The molecule has 4 heterocycles. The summed E-state index contributed by atoms with van der Waals surface area (Å²) in [4.78, 5) is 0.710. The van der Waals surface area contributed by atoms with Crippen LogP contribution in [0, 0.1) is 6.92 Å². The maximum Gasteiger partial charge on any atom is 0.235 e. The van der Waals surface area contributed by atoms with Gasteiger partial charge < -0.3 is 4.42 Å². The van der Waals surface area contributed by atoms with E-state index >= 15 is 0 Å². The number of aromatic nitrogens is 6. The molecule has 19 heavy (non-hydrogen) atoms. The standard InChI is InChI=1S/C11H8N6OS/c1-6-5-7(13-12-6)9-14-15-11-17(9)16-10(19-11)8-3-2-4-18-8/h2-5H,1H3,(H,12,13). The zero-order valence-electron chi connectivity index (χ0n) is 9.86. The topological polar surface area (TPSA) is 84.9 Å². The molecule has 0 fully saturated rings. The highest BCUT2D eigenvalue weighted by molar-refractivity contribution is 7.19. The first-order valence-corrected chi connectivity index (χ1v) is 6.41. The average Bonchev–Trinajstić information content (AvgIpc) is 3.11. The number of furan rings is 1. The van der Waals surface area contributed by atoms with Gasteiger partial charge in [-0.05, 0) is 25.1 Å². The second-order valence-electron chi connectivity index (χ2n) is 4.04. The summed E-state index contributed by atoms with van der Waals surface area (Å²) in [5.74, 6) is 1.34. The first-order chi connectivity index (χ1) is 9.31. The molecule has 8 heteroatoms. The fourth-order valence-electron chi connectivity index (χ4n) is 1.81. The lowest BCUT2D eigenvalue weighted by Crippen LogP contribution is -1.90. The van der Waals surface area contributed by atoms with Gasteiger partial charge >= 0.3 is 0 Å². The van der Waals surface area contributed by atoms with Gasteiger partial charge in [0.1, 0.15) is 5.69 Å². The zero-order chi connectivity index (χ0) is 12.8. The Morgan fingerprint density at radius 2 is 2.32 bits per heavy atom. The van der Waals surface area contributed by atoms with Crippen molar-refractivity contribution in [1.82, 2.24) is 30.0 Å². The van der Waals surface area contributed by atoms with E-state index in [2.05, 4.69) is 25.5 Å². The first-order valence-electron chi connectivity index (χ1n) is 5.60. The fourth-order valence-corrected chi connectivity index (χ4v) is 2.62. The third-order valence-electron chi connectivity index (χ3n) is 2.66. The normalized spacial score (nSPS) is 11.4. The molecule has 0 amide bonds. The molecular weight excluding hydrogens is 264 g/mol. The summed E-state index contributed by atoms with van der Waals surface area (Å²) < 4.78 is 7.01. The quantitative estimate of drug-likeness (QED) is 0.604. The molecule has 0 bridgehead atoms. The van der Waals surface area contributed by atoms with Crippen LogP contribution in [0.1, 0.15) is 5.69 Å². The number of hydrogen-bond donors (Lipinski definition) is 1. The van der Waals surface area contributed by atoms with Crippen molar-refractivity contribution in [3.05, 3.63) is 30.2 Å². The molecule has 7 nitrogen and oxygen atoms in total. The number of hydrogen-bond acceptors (Lipinski definition) is 6. The summed E-state index contributed by atoms with van der Waals surface area (Å²) in [5, 5.41) is 20.5. The van der Waals surface area contributed by atoms with Crippen LogP contribution in [0.25, 0.3) is 27.2 Å². The van der Waals surface area contributed by atoms with Gasteiger partial charge in [0.05, 0.1) is 6.26 Å². The highest BCUT2D eigenvalue weighted by Gasteiger charge is 2.17. The van der Waals surface area contributed by atoms with Gasteiger partial charge in [-0.2, -0.15) is 9.61 Å². The lowest BCUT2D eigenvalue weighted by Gasteiger charge is -1.89. The lowest BCUT2D eigenvalue weighted by atomic mass is 10.3. The van der Waals surface area contributed by atoms with Crippen LogP contribution in [0.5, 0.6) is 0 Å². The predicted molar refractivity (Wildman–Crippen MR) is 68.7 cm³/mol. The van der Waals surface area contributed by atoms with Gasteiger partial charge in [0.2, 0.25) is 10.8 Å². The molecule has 0 atom stereocenters. The van der Waals surface area contributed by atoms with Crippen molar-refractivity contribution in [1.29, 1.82) is 0 Å². The van der Waals surface area contributed by atoms with Gasteiger partial charge in [-0.3, -0.25) is 5.10 Å². The number of aromatic amines is 1. The molecule has 94 valence electrons. The molecule has 0 aliphatic carbocycles. The SMILES string of the molecule is Cc1cc(-c2nnc3sc(-c4ccco4)nn23)n[nH]1. The van der Waals surface area contributed by atoms with Crippen LogP contribution in [0.15, 0.2) is 28.9 Å². The van der Waals surface area contributed by atoms with E-state index in [9.17, 15) is 0 Å². The summed E-state index contributed by atoms with van der Waals surface area (Å²) in [5.41, 5.74) is 1.69. The monoisotopic (exact) mass is 272 g/mol. The summed E-state index contributed by atoms with van der Waals surface area (Å²) in [6.45, 7) is 1.93. The second kappa shape index (κ2) is 3.75. The summed E-state index contributed by atoms with van der Waals surface area (Å²) >= 11 is 1.42. The van der Waals surface area contributed by atoms with Crippen LogP contribution in [0.3, 0.4) is 0 Å². The van der Waals surface area contributed by atoms with E-state index < -0.39 is 0 Å². The molecule has 0 saturated heterocycles. The lowest BCUT2D eigenvalue weighted by molar-refractivity contribution is 0.580. The Kier molecular flexibility index (Phi) is 2.06. The highest BCUT2D eigenvalue weighted by atomic mass is 32.1. The van der Waals surface area contributed by atoms with Gasteiger partial charge in [0.25, 0.3) is 0 Å². The fraction of sp³-hybridized carbons (Fsp3) is 0.0909. The largest absolute Gasteiger partial charge is 0.462 e. The number of aryl methyl sites for hydroxylation is 1. The molecule has 4 aromatic heterocycles. The summed E-state index contributed by atoms with van der Waals surface area (Å²) in [6, 6.07) is 5.60. The maximum atomic E-state index is 5.33. The second-order valence-corrected chi connectivity index (χ2v) is 4.99. The van der Waals surface area contributed by atoms with Gasteiger partial charge in [-0.1, -0.05) is 11.3 Å². The van der Waals surface area contributed by atoms with Crippen LogP contribution in [-0.2, 0) is 0 Å². The Hall–Kier alpha value is -2.48. The maximum absolute atomic E-state index is 5.33. The van der Waals surface area contributed by atoms with Crippen molar-refractivity contribution in [3.63, 3.8) is 0 Å². The van der Waals surface area contributed by atoms with Crippen molar-refractivity contribution < 1.29 is 4.42 Å². The Balaban J connectivity index is 1.89. The molecular formula is C11H8N6OS. The Morgan fingerprint density at radius 3 is 3.05 bits per heavy atom. The van der Waals surface area contributed by atoms with Gasteiger partial charge in [-0.25, -0.2) is 0 Å². The van der Waals surface area contributed by atoms with Gasteiger partial charge in [-0.15, -0.1) is 15.3 Å². The minimum Gasteiger partial charge on any atom is -0.462 e. The van der Waals surface area contributed by atoms with E-state index in [1.165, 1.54) is 11.3 Å². The van der Waals surface area contributed by atoms with Crippen molar-refractivity contribution in [2.24, 2.45) is 0 Å². The zero-order valence-corrected chi connectivity index (χ0v) is 10.7. The van der Waals surface area contributed by atoms with E-state index in [-0.39, 0.29) is 0 Å². The first kappa shape index (κ1) is 10.4. The minimum atomic E-state index is 0.619. The van der Waals surface area contributed by atoms with E-state index in [0.29, 0.717) is 10.8 Å².